The number of hydrogen-bond donors (Lipinski definition) is 0. The molecule has 2 heterocycles. The molecule has 0 N–H and O–H groups in total. The van der Waals surface area contributed by atoms with Gasteiger partial charge in [0.1, 0.15) is 10.9 Å². The van der Waals surface area contributed by atoms with E-state index in [2.05, 4.69) is 4.98 Å². The van der Waals surface area contributed by atoms with Gasteiger partial charge >= 0.3 is 0 Å². The molecule has 1 aliphatic rings. The van der Waals surface area contributed by atoms with Crippen LogP contribution in [-0.2, 0) is 6.42 Å². The highest BCUT2D eigenvalue weighted by atomic mass is 35.5. The van der Waals surface area contributed by atoms with Crippen LogP contribution in [0.15, 0.2) is 42.5 Å². The van der Waals surface area contributed by atoms with Gasteiger partial charge in [0.25, 0.3) is 11.8 Å². The predicted molar refractivity (Wildman–Crippen MR) is 104 cm³/mol. The minimum atomic E-state index is -0.283. The summed E-state index contributed by atoms with van der Waals surface area (Å²) in [5.74, 6) is -0.0255. The first-order valence-corrected chi connectivity index (χ1v) is 9.03. The van der Waals surface area contributed by atoms with Gasteiger partial charge in [0.2, 0.25) is 0 Å². The number of methoxy groups -OCH3 is 1. The SMILES string of the molecule is COc1cc2cc(CCN3C(=O)c4ccccc4C3=O)c(Cl)nc2cc1Cl. The lowest BCUT2D eigenvalue weighted by Crippen LogP contribution is -2.31. The third-order valence-electron chi connectivity index (χ3n) is 4.60. The van der Waals surface area contributed by atoms with Crippen LogP contribution in [0.1, 0.15) is 26.3 Å². The van der Waals surface area contributed by atoms with Crippen molar-refractivity contribution in [3.8, 4) is 5.75 Å². The van der Waals surface area contributed by atoms with Crippen LogP contribution in [-0.4, -0.2) is 35.4 Å². The van der Waals surface area contributed by atoms with Gasteiger partial charge in [0.05, 0.1) is 28.8 Å². The Hall–Kier alpha value is -2.63. The molecule has 136 valence electrons. The second-order valence-corrected chi connectivity index (χ2v) is 6.94. The van der Waals surface area contributed by atoms with Crippen LogP contribution in [0.2, 0.25) is 10.2 Å². The number of nitrogens with zero attached hydrogens (tertiary/aromatic N) is 2. The fraction of sp³-hybridized carbons (Fsp3) is 0.150. The summed E-state index contributed by atoms with van der Waals surface area (Å²) >= 11 is 12.4. The van der Waals surface area contributed by atoms with Gasteiger partial charge in [-0.05, 0) is 42.3 Å². The van der Waals surface area contributed by atoms with Crippen LogP contribution in [0, 0.1) is 0 Å². The van der Waals surface area contributed by atoms with Crippen molar-refractivity contribution >= 4 is 45.9 Å². The first-order valence-electron chi connectivity index (χ1n) is 8.27. The quantitative estimate of drug-likeness (QED) is 0.481. The van der Waals surface area contributed by atoms with Crippen molar-refractivity contribution in [2.75, 3.05) is 13.7 Å². The number of pyridine rings is 1. The topological polar surface area (TPSA) is 59.5 Å². The molecule has 2 amide bonds. The summed E-state index contributed by atoms with van der Waals surface area (Å²) in [5.41, 5.74) is 2.26. The Kier molecular flexibility index (Phi) is 4.50. The molecule has 7 heteroatoms. The summed E-state index contributed by atoms with van der Waals surface area (Å²) in [6, 6.07) is 12.2. The van der Waals surface area contributed by atoms with Gasteiger partial charge in [-0.15, -0.1) is 0 Å². The van der Waals surface area contributed by atoms with Gasteiger partial charge in [-0.25, -0.2) is 4.98 Å². The molecule has 2 aromatic carbocycles. The largest absolute Gasteiger partial charge is 0.495 e. The van der Waals surface area contributed by atoms with E-state index in [1.54, 1.807) is 43.5 Å². The summed E-state index contributed by atoms with van der Waals surface area (Å²) < 4.78 is 5.24. The van der Waals surface area contributed by atoms with Crippen molar-refractivity contribution in [3.05, 3.63) is 69.3 Å². The number of amides is 2. The molecule has 0 saturated carbocycles. The molecule has 0 fully saturated rings. The predicted octanol–water partition coefficient (Wildman–Crippen LogP) is 4.39. The van der Waals surface area contributed by atoms with Crippen molar-refractivity contribution in [2.45, 2.75) is 6.42 Å². The molecule has 1 aromatic heterocycles. The minimum absolute atomic E-state index is 0.226. The van der Waals surface area contributed by atoms with Crippen LogP contribution in [0.5, 0.6) is 5.75 Å². The molecule has 0 bridgehead atoms. The van der Waals surface area contributed by atoms with Crippen LogP contribution < -0.4 is 4.74 Å². The van der Waals surface area contributed by atoms with Crippen LogP contribution in [0.3, 0.4) is 0 Å². The average Bonchev–Trinajstić information content (AvgIpc) is 2.91. The van der Waals surface area contributed by atoms with E-state index in [0.717, 1.165) is 10.9 Å². The number of fused-ring (bicyclic) bond motifs is 2. The Morgan fingerprint density at radius 1 is 1.04 bits per heavy atom. The second kappa shape index (κ2) is 6.83. The molecule has 1 aliphatic heterocycles. The number of rotatable bonds is 4. The summed E-state index contributed by atoms with van der Waals surface area (Å²) in [6.45, 7) is 0.226. The van der Waals surface area contributed by atoms with E-state index < -0.39 is 0 Å². The Labute approximate surface area is 165 Å². The minimum Gasteiger partial charge on any atom is -0.495 e. The monoisotopic (exact) mass is 400 g/mol. The first-order chi connectivity index (χ1) is 13.0. The third kappa shape index (κ3) is 3.03. The Balaban J connectivity index is 1.61. The first kappa shape index (κ1) is 17.8. The number of halogens is 2. The van der Waals surface area contributed by atoms with E-state index in [1.807, 2.05) is 6.07 Å². The van der Waals surface area contributed by atoms with Crippen LogP contribution in [0.4, 0.5) is 0 Å². The molecule has 5 nitrogen and oxygen atoms in total. The molecule has 3 aromatic rings. The van der Waals surface area contributed by atoms with Crippen LogP contribution in [0.25, 0.3) is 10.9 Å². The molecule has 4 rings (SSSR count). The fourth-order valence-corrected chi connectivity index (χ4v) is 3.68. The van der Waals surface area contributed by atoms with Crippen molar-refractivity contribution in [1.29, 1.82) is 0 Å². The Morgan fingerprint density at radius 2 is 1.70 bits per heavy atom. The van der Waals surface area contributed by atoms with E-state index in [1.165, 1.54) is 4.90 Å². The van der Waals surface area contributed by atoms with E-state index >= 15 is 0 Å². The summed E-state index contributed by atoms with van der Waals surface area (Å²) in [4.78, 5) is 30.6. The fourth-order valence-electron chi connectivity index (χ4n) is 3.20. The normalized spacial score (nSPS) is 13.4. The highest BCUT2D eigenvalue weighted by molar-refractivity contribution is 6.33. The van der Waals surface area contributed by atoms with Crippen molar-refractivity contribution in [2.24, 2.45) is 0 Å². The average molecular weight is 401 g/mol. The number of aromatic nitrogens is 1. The number of carbonyl (C=O) groups excluding carboxylic acids is 2. The molecule has 0 saturated heterocycles. The van der Waals surface area contributed by atoms with Crippen molar-refractivity contribution in [3.63, 3.8) is 0 Å². The van der Waals surface area contributed by atoms with E-state index in [9.17, 15) is 9.59 Å². The van der Waals surface area contributed by atoms with Crippen LogP contribution >= 0.6 is 23.2 Å². The second-order valence-electron chi connectivity index (χ2n) is 6.18. The molecule has 0 spiro atoms. The van der Waals surface area contributed by atoms with Gasteiger partial charge in [-0.2, -0.15) is 0 Å². The highest BCUT2D eigenvalue weighted by Crippen LogP contribution is 2.31. The Bertz CT molecular complexity index is 1060. The third-order valence-corrected chi connectivity index (χ3v) is 5.22. The summed E-state index contributed by atoms with van der Waals surface area (Å²) in [7, 11) is 1.54. The van der Waals surface area contributed by atoms with Crippen molar-refractivity contribution < 1.29 is 14.3 Å². The molecule has 27 heavy (non-hydrogen) atoms. The summed E-state index contributed by atoms with van der Waals surface area (Å²) in [5, 5.41) is 1.59. The lowest BCUT2D eigenvalue weighted by Gasteiger charge is -2.14. The zero-order valence-electron chi connectivity index (χ0n) is 14.3. The smallest absolute Gasteiger partial charge is 0.261 e. The van der Waals surface area contributed by atoms with Crippen molar-refractivity contribution in [1.82, 2.24) is 9.88 Å². The number of carbonyl (C=O) groups is 2. The molecule has 0 unspecified atom stereocenters. The highest BCUT2D eigenvalue weighted by Gasteiger charge is 2.34. The molecule has 0 radical (unpaired) electrons. The van der Waals surface area contributed by atoms with E-state index in [0.29, 0.717) is 39.0 Å². The zero-order chi connectivity index (χ0) is 19.1. The van der Waals surface area contributed by atoms with E-state index in [-0.39, 0.29) is 18.4 Å². The molecular weight excluding hydrogens is 387 g/mol. The summed E-state index contributed by atoms with van der Waals surface area (Å²) in [6.07, 6.45) is 0.401. The number of hydrogen-bond acceptors (Lipinski definition) is 4. The maximum Gasteiger partial charge on any atom is 0.261 e. The number of benzene rings is 2. The lowest BCUT2D eigenvalue weighted by atomic mass is 10.1. The van der Waals surface area contributed by atoms with Gasteiger partial charge in [-0.3, -0.25) is 14.5 Å². The van der Waals surface area contributed by atoms with Gasteiger partial charge in [0.15, 0.2) is 0 Å². The maximum absolute atomic E-state index is 12.5. The molecular formula is C20H14Cl2N2O3. The lowest BCUT2D eigenvalue weighted by molar-refractivity contribution is 0.0656. The number of imide groups is 1. The zero-order valence-corrected chi connectivity index (χ0v) is 15.8. The standard InChI is InChI=1S/C20H14Cl2N2O3/c1-27-17-9-12-8-11(18(22)23-16(12)10-15(17)21)6-7-24-19(25)13-4-2-3-5-14(13)20(24)26/h2-5,8-10H,6-7H2,1H3. The Morgan fingerprint density at radius 3 is 2.33 bits per heavy atom. The maximum atomic E-state index is 12.5. The number of ether oxygens (including phenoxy) is 1. The van der Waals surface area contributed by atoms with Gasteiger partial charge < -0.3 is 4.74 Å². The van der Waals surface area contributed by atoms with Gasteiger partial charge in [0, 0.05) is 11.9 Å². The van der Waals surface area contributed by atoms with E-state index in [4.69, 9.17) is 27.9 Å². The molecule has 0 atom stereocenters. The molecule has 0 aliphatic carbocycles. The van der Waals surface area contributed by atoms with Gasteiger partial charge in [-0.1, -0.05) is 35.3 Å².